The van der Waals surface area contributed by atoms with Crippen LogP contribution >= 0.6 is 11.3 Å². The van der Waals surface area contributed by atoms with Crippen LogP contribution in [0.1, 0.15) is 27.7 Å². The van der Waals surface area contributed by atoms with E-state index < -0.39 is 0 Å². The molecule has 2 aromatic rings. The van der Waals surface area contributed by atoms with Crippen LogP contribution in [-0.2, 0) is 6.42 Å². The number of carbonyl (C=O) groups is 1. The number of rotatable bonds is 3. The minimum atomic E-state index is -0.0857. The maximum absolute atomic E-state index is 12.1. The summed E-state index contributed by atoms with van der Waals surface area (Å²) in [6.45, 7) is 4.01. The number of nitrogen functional groups attached to an aromatic ring is 1. The highest BCUT2D eigenvalue weighted by Gasteiger charge is 2.13. The molecule has 0 fully saturated rings. The Kier molecular flexibility index (Phi) is 3.67. The van der Waals surface area contributed by atoms with E-state index in [-0.39, 0.29) is 5.91 Å². The number of carbonyl (C=O) groups excluding carboxylic acids is 1. The van der Waals surface area contributed by atoms with Crippen molar-refractivity contribution in [3.05, 3.63) is 45.6 Å². The largest absolute Gasteiger partial charge is 0.397 e. The van der Waals surface area contributed by atoms with Gasteiger partial charge in [0.1, 0.15) is 0 Å². The molecule has 0 saturated carbocycles. The van der Waals surface area contributed by atoms with Crippen molar-refractivity contribution in [1.29, 1.82) is 0 Å². The Morgan fingerprint density at radius 2 is 2.17 bits per heavy atom. The van der Waals surface area contributed by atoms with Gasteiger partial charge in [0.25, 0.3) is 5.91 Å². The molecule has 1 aromatic heterocycles. The fourth-order valence-corrected chi connectivity index (χ4v) is 2.68. The summed E-state index contributed by atoms with van der Waals surface area (Å²) in [6.07, 6.45) is 0.857. The molecule has 0 aliphatic rings. The van der Waals surface area contributed by atoms with Crippen LogP contribution in [0.25, 0.3) is 0 Å². The molecule has 2 rings (SSSR count). The minimum absolute atomic E-state index is 0.0857. The van der Waals surface area contributed by atoms with Crippen molar-refractivity contribution < 1.29 is 4.79 Å². The van der Waals surface area contributed by atoms with E-state index in [4.69, 9.17) is 5.73 Å². The highest BCUT2D eigenvalue weighted by molar-refractivity contribution is 7.12. The van der Waals surface area contributed by atoms with Gasteiger partial charge in [0.05, 0.1) is 16.3 Å². The number of aryl methyl sites for hydroxylation is 2. The van der Waals surface area contributed by atoms with Crippen molar-refractivity contribution in [3.63, 3.8) is 0 Å². The topological polar surface area (TPSA) is 55.1 Å². The second kappa shape index (κ2) is 5.23. The minimum Gasteiger partial charge on any atom is -0.397 e. The molecule has 1 amide bonds. The van der Waals surface area contributed by atoms with Crippen molar-refractivity contribution in [2.24, 2.45) is 0 Å². The Morgan fingerprint density at radius 1 is 1.39 bits per heavy atom. The zero-order valence-corrected chi connectivity index (χ0v) is 11.3. The SMILES string of the molecule is CCc1ccsc1C(=O)Nc1ccc(C)cc1N. The van der Waals surface area contributed by atoms with Crippen molar-refractivity contribution in [3.8, 4) is 0 Å². The highest BCUT2D eigenvalue weighted by Crippen LogP contribution is 2.23. The molecule has 94 valence electrons. The Labute approximate surface area is 111 Å². The molecule has 0 bridgehead atoms. The molecule has 0 atom stereocenters. The average molecular weight is 260 g/mol. The fourth-order valence-electron chi connectivity index (χ4n) is 1.79. The monoisotopic (exact) mass is 260 g/mol. The van der Waals surface area contributed by atoms with E-state index in [1.54, 1.807) is 0 Å². The van der Waals surface area contributed by atoms with Crippen LogP contribution in [0.2, 0.25) is 0 Å². The van der Waals surface area contributed by atoms with Gasteiger partial charge in [-0.25, -0.2) is 0 Å². The lowest BCUT2D eigenvalue weighted by Gasteiger charge is -2.08. The zero-order chi connectivity index (χ0) is 13.1. The summed E-state index contributed by atoms with van der Waals surface area (Å²) in [5.74, 6) is -0.0857. The van der Waals surface area contributed by atoms with Crippen molar-refractivity contribution in [2.75, 3.05) is 11.1 Å². The van der Waals surface area contributed by atoms with Crippen molar-refractivity contribution >= 4 is 28.6 Å². The lowest BCUT2D eigenvalue weighted by atomic mass is 10.1. The third-order valence-electron chi connectivity index (χ3n) is 2.79. The van der Waals surface area contributed by atoms with Gasteiger partial charge in [0.15, 0.2) is 0 Å². The van der Waals surface area contributed by atoms with Gasteiger partial charge in [-0.3, -0.25) is 4.79 Å². The summed E-state index contributed by atoms with van der Waals surface area (Å²) in [5, 5.41) is 4.80. The average Bonchev–Trinajstić information content (AvgIpc) is 2.81. The quantitative estimate of drug-likeness (QED) is 0.830. The third kappa shape index (κ3) is 2.54. The van der Waals surface area contributed by atoms with E-state index in [2.05, 4.69) is 5.32 Å². The number of benzene rings is 1. The molecule has 0 unspecified atom stereocenters. The van der Waals surface area contributed by atoms with E-state index in [1.165, 1.54) is 11.3 Å². The zero-order valence-electron chi connectivity index (χ0n) is 10.5. The number of nitrogens with one attached hydrogen (secondary N) is 1. The molecule has 1 heterocycles. The molecule has 3 N–H and O–H groups in total. The summed E-state index contributed by atoms with van der Waals surface area (Å²) in [6, 6.07) is 7.60. The van der Waals surface area contributed by atoms with Crippen LogP contribution in [-0.4, -0.2) is 5.91 Å². The smallest absolute Gasteiger partial charge is 0.266 e. The lowest BCUT2D eigenvalue weighted by molar-refractivity contribution is 0.103. The molecule has 1 aromatic carbocycles. The summed E-state index contributed by atoms with van der Waals surface area (Å²) < 4.78 is 0. The predicted octanol–water partition coefficient (Wildman–Crippen LogP) is 3.45. The van der Waals surface area contributed by atoms with E-state index in [0.717, 1.165) is 22.4 Å². The number of thiophene rings is 1. The van der Waals surface area contributed by atoms with Crippen LogP contribution in [0, 0.1) is 6.92 Å². The first-order valence-corrected chi connectivity index (χ1v) is 6.73. The molecular formula is C14H16N2OS. The van der Waals surface area contributed by atoms with Gasteiger partial charge < -0.3 is 11.1 Å². The van der Waals surface area contributed by atoms with Crippen LogP contribution in [0.3, 0.4) is 0 Å². The third-order valence-corrected chi connectivity index (χ3v) is 3.74. The molecule has 0 radical (unpaired) electrons. The fraction of sp³-hybridized carbons (Fsp3) is 0.214. The summed E-state index contributed by atoms with van der Waals surface area (Å²) in [7, 11) is 0. The molecule has 18 heavy (non-hydrogen) atoms. The van der Waals surface area contributed by atoms with Crippen molar-refractivity contribution in [2.45, 2.75) is 20.3 Å². The number of hydrogen-bond acceptors (Lipinski definition) is 3. The molecule has 0 saturated heterocycles. The van der Waals surface area contributed by atoms with Gasteiger partial charge in [-0.15, -0.1) is 11.3 Å². The van der Waals surface area contributed by atoms with Crippen molar-refractivity contribution in [1.82, 2.24) is 0 Å². The van der Waals surface area contributed by atoms with Gasteiger partial charge in [0, 0.05) is 0 Å². The van der Waals surface area contributed by atoms with Crippen LogP contribution < -0.4 is 11.1 Å². The molecule has 4 heteroatoms. The van der Waals surface area contributed by atoms with Crippen LogP contribution in [0.5, 0.6) is 0 Å². The Hall–Kier alpha value is -1.81. The van der Waals surface area contributed by atoms with E-state index in [0.29, 0.717) is 11.4 Å². The first-order chi connectivity index (χ1) is 8.61. The lowest BCUT2D eigenvalue weighted by Crippen LogP contribution is -2.13. The van der Waals surface area contributed by atoms with Gasteiger partial charge in [-0.05, 0) is 48.1 Å². The molecule has 0 aliphatic heterocycles. The van der Waals surface area contributed by atoms with Gasteiger partial charge in [-0.1, -0.05) is 13.0 Å². The van der Waals surface area contributed by atoms with E-state index in [1.807, 2.05) is 43.5 Å². The second-order valence-electron chi connectivity index (χ2n) is 4.17. The first-order valence-electron chi connectivity index (χ1n) is 5.85. The number of anilines is 2. The van der Waals surface area contributed by atoms with E-state index >= 15 is 0 Å². The van der Waals surface area contributed by atoms with Crippen LogP contribution in [0.4, 0.5) is 11.4 Å². The number of nitrogens with two attached hydrogens (primary N) is 1. The molecule has 0 aliphatic carbocycles. The molecule has 3 nitrogen and oxygen atoms in total. The summed E-state index contributed by atoms with van der Waals surface area (Å²) in [5.41, 5.74) is 9.30. The van der Waals surface area contributed by atoms with Gasteiger partial charge in [-0.2, -0.15) is 0 Å². The van der Waals surface area contributed by atoms with Gasteiger partial charge in [0.2, 0.25) is 0 Å². The van der Waals surface area contributed by atoms with Crippen LogP contribution in [0.15, 0.2) is 29.6 Å². The predicted molar refractivity (Wildman–Crippen MR) is 77.2 cm³/mol. The molecular weight excluding hydrogens is 244 g/mol. The number of hydrogen-bond donors (Lipinski definition) is 2. The normalized spacial score (nSPS) is 10.3. The Morgan fingerprint density at radius 3 is 2.83 bits per heavy atom. The first kappa shape index (κ1) is 12.6. The molecule has 0 spiro atoms. The Balaban J connectivity index is 2.21. The maximum atomic E-state index is 12.1. The van der Waals surface area contributed by atoms with E-state index in [9.17, 15) is 4.79 Å². The summed E-state index contributed by atoms with van der Waals surface area (Å²) in [4.78, 5) is 12.9. The Bertz CT molecular complexity index is 575. The maximum Gasteiger partial charge on any atom is 0.266 e. The second-order valence-corrected chi connectivity index (χ2v) is 5.09. The number of amides is 1. The van der Waals surface area contributed by atoms with Gasteiger partial charge >= 0.3 is 0 Å². The standard InChI is InChI=1S/C14H16N2OS/c1-3-10-6-7-18-13(10)14(17)16-12-5-4-9(2)8-11(12)15/h4-8H,3,15H2,1-2H3,(H,16,17). The summed E-state index contributed by atoms with van der Waals surface area (Å²) >= 11 is 1.46. The highest BCUT2D eigenvalue weighted by atomic mass is 32.1.